The van der Waals surface area contributed by atoms with Gasteiger partial charge in [0.1, 0.15) is 17.2 Å². The maximum absolute atomic E-state index is 8.36. The van der Waals surface area contributed by atoms with E-state index in [0.29, 0.717) is 17.2 Å². The van der Waals surface area contributed by atoms with Crippen molar-refractivity contribution in [3.63, 3.8) is 0 Å². The van der Waals surface area contributed by atoms with Crippen molar-refractivity contribution in [2.24, 2.45) is 31.9 Å². The van der Waals surface area contributed by atoms with Gasteiger partial charge >= 0.3 is 6.02 Å². The number of hydrogen-bond donors (Lipinski definition) is 3. The molecular formula is C13H15MnN6O3S-. The van der Waals surface area contributed by atoms with Crippen molar-refractivity contribution >= 4 is 35.7 Å². The van der Waals surface area contributed by atoms with E-state index in [2.05, 4.69) is 33.0 Å². The van der Waals surface area contributed by atoms with Gasteiger partial charge in [0.05, 0.1) is 18.7 Å². The average molecular weight is 390 g/mol. The minimum absolute atomic E-state index is 0. The van der Waals surface area contributed by atoms with Crippen LogP contribution in [0.3, 0.4) is 0 Å². The Morgan fingerprint density at radius 3 is 2.29 bits per heavy atom. The number of nitrogens with zero attached hydrogens (tertiary/aromatic N) is 4. The molecule has 129 valence electrons. The van der Waals surface area contributed by atoms with E-state index in [1.54, 1.807) is 37.5 Å². The Hall–Kier alpha value is -2.62. The van der Waals surface area contributed by atoms with Gasteiger partial charge in [0.25, 0.3) is 0 Å². The summed E-state index contributed by atoms with van der Waals surface area (Å²) in [5.74, 6) is 1.21. The summed E-state index contributed by atoms with van der Waals surface area (Å²) in [7, 11) is 0. The van der Waals surface area contributed by atoms with Gasteiger partial charge in [0.15, 0.2) is 0 Å². The number of nitrogens with two attached hydrogens (primary N) is 2. The summed E-state index contributed by atoms with van der Waals surface area (Å²) >= 11 is 4.52. The SMILES string of the molecule is C/C(=N\N=C(/N)[S-])c1ccco1.N/C(O)=N/N=C/c1ccco1.[Mn]. The molecule has 0 saturated heterocycles. The van der Waals surface area contributed by atoms with Gasteiger partial charge in [-0.1, -0.05) is 5.10 Å². The van der Waals surface area contributed by atoms with Crippen LogP contribution in [0.1, 0.15) is 18.4 Å². The third kappa shape index (κ3) is 9.41. The van der Waals surface area contributed by atoms with Crippen molar-refractivity contribution < 1.29 is 31.0 Å². The van der Waals surface area contributed by atoms with Crippen LogP contribution in [0.15, 0.2) is 66.0 Å². The number of amidine groups is 2. The molecule has 0 aromatic carbocycles. The molecule has 2 heterocycles. The summed E-state index contributed by atoms with van der Waals surface area (Å²) in [5, 5.41) is 22.2. The van der Waals surface area contributed by atoms with Crippen molar-refractivity contribution in [3.05, 3.63) is 48.3 Å². The van der Waals surface area contributed by atoms with E-state index in [0.717, 1.165) is 0 Å². The third-order valence-corrected chi connectivity index (χ3v) is 2.15. The predicted molar refractivity (Wildman–Crippen MR) is 90.5 cm³/mol. The molecule has 5 N–H and O–H groups in total. The molecule has 0 aliphatic heterocycles. The zero-order valence-corrected chi connectivity index (χ0v) is 14.5. The molecule has 0 spiro atoms. The Balaban J connectivity index is 0.000000425. The van der Waals surface area contributed by atoms with E-state index in [1.807, 2.05) is 0 Å². The van der Waals surface area contributed by atoms with Gasteiger partial charge in [-0.05, 0) is 36.4 Å². The van der Waals surface area contributed by atoms with Crippen LogP contribution >= 0.6 is 0 Å². The van der Waals surface area contributed by atoms with Crippen LogP contribution in [0.5, 0.6) is 0 Å². The molecule has 24 heavy (non-hydrogen) atoms. The van der Waals surface area contributed by atoms with E-state index in [4.69, 9.17) is 25.4 Å². The van der Waals surface area contributed by atoms with Gasteiger partial charge in [-0.2, -0.15) is 15.3 Å². The molecule has 2 aromatic rings. The molecule has 0 aliphatic carbocycles. The number of rotatable bonds is 4. The molecule has 2 rings (SSSR count). The van der Waals surface area contributed by atoms with E-state index < -0.39 is 6.02 Å². The maximum atomic E-state index is 8.36. The molecule has 0 atom stereocenters. The van der Waals surface area contributed by atoms with E-state index in [9.17, 15) is 0 Å². The summed E-state index contributed by atoms with van der Waals surface area (Å²) in [4.78, 5) is 0. The second-order valence-electron chi connectivity index (χ2n) is 3.82. The first-order chi connectivity index (χ1) is 11.0. The third-order valence-electron chi connectivity index (χ3n) is 2.06. The molecular weight excluding hydrogens is 375 g/mol. The molecule has 0 aliphatic rings. The van der Waals surface area contributed by atoms with Gasteiger partial charge < -0.3 is 38.0 Å². The van der Waals surface area contributed by atoms with Crippen molar-refractivity contribution in [2.45, 2.75) is 6.92 Å². The van der Waals surface area contributed by atoms with Crippen molar-refractivity contribution in [2.75, 3.05) is 0 Å². The summed E-state index contributed by atoms with van der Waals surface area (Å²) in [6, 6.07) is 6.40. The van der Waals surface area contributed by atoms with Crippen LogP contribution in [0.25, 0.3) is 0 Å². The zero-order chi connectivity index (χ0) is 17.1. The average Bonchev–Trinajstić information content (AvgIpc) is 3.18. The fourth-order valence-corrected chi connectivity index (χ4v) is 1.21. The standard InChI is InChI=1S/C7H9N3OS.C6H7N3O2.Mn/c1-5(9-10-7(8)12)6-3-2-4-11-6;7-6(10)9-8-4-5-2-1-3-11-5;/h2-4H,1H3,(H3,8,10,12);1-4H,(H3,7,9,10);/p-1/b9-5+;8-4+;. The molecule has 0 fully saturated rings. The van der Waals surface area contributed by atoms with E-state index in [-0.39, 0.29) is 22.2 Å². The predicted octanol–water partition coefficient (Wildman–Crippen LogP) is 1.35. The van der Waals surface area contributed by atoms with Crippen LogP contribution in [0.4, 0.5) is 0 Å². The monoisotopic (exact) mass is 390 g/mol. The minimum Gasteiger partial charge on any atom is -0.741 e. The van der Waals surface area contributed by atoms with Crippen molar-refractivity contribution in [3.8, 4) is 0 Å². The summed E-state index contributed by atoms with van der Waals surface area (Å²) < 4.78 is 9.93. The van der Waals surface area contributed by atoms with E-state index in [1.165, 1.54) is 12.5 Å². The van der Waals surface area contributed by atoms with Crippen LogP contribution < -0.4 is 11.5 Å². The van der Waals surface area contributed by atoms with Crippen molar-refractivity contribution in [1.29, 1.82) is 0 Å². The number of aliphatic hydroxyl groups excluding tert-OH is 1. The second kappa shape index (κ2) is 11.9. The smallest absolute Gasteiger partial charge is 0.303 e. The Morgan fingerprint density at radius 1 is 1.12 bits per heavy atom. The van der Waals surface area contributed by atoms with Crippen LogP contribution in [0.2, 0.25) is 0 Å². The van der Waals surface area contributed by atoms with Crippen molar-refractivity contribution in [1.82, 2.24) is 0 Å². The van der Waals surface area contributed by atoms with Gasteiger partial charge in [-0.15, -0.1) is 0 Å². The molecule has 0 unspecified atom stereocenters. The maximum Gasteiger partial charge on any atom is 0.303 e. The molecule has 0 bridgehead atoms. The number of hydrogen-bond acceptors (Lipinski definition) is 7. The quantitative estimate of drug-likeness (QED) is 0.236. The van der Waals surface area contributed by atoms with Gasteiger partial charge in [-0.3, -0.25) is 0 Å². The fourth-order valence-electron chi connectivity index (χ4n) is 1.17. The largest absolute Gasteiger partial charge is 0.741 e. The van der Waals surface area contributed by atoms with E-state index >= 15 is 0 Å². The van der Waals surface area contributed by atoms with Crippen LogP contribution in [-0.4, -0.2) is 28.2 Å². The second-order valence-corrected chi connectivity index (χ2v) is 4.24. The molecule has 9 nitrogen and oxygen atoms in total. The Morgan fingerprint density at radius 2 is 1.79 bits per heavy atom. The first-order valence-corrected chi connectivity index (χ1v) is 6.57. The fraction of sp³-hybridized carbons (Fsp3) is 0.0769. The Kier molecular flexibility index (Phi) is 10.6. The minimum atomic E-state index is -0.576. The normalized spacial score (nSPS) is 12.5. The van der Waals surface area contributed by atoms with Gasteiger partial charge in [0, 0.05) is 17.1 Å². The molecule has 0 amide bonds. The van der Waals surface area contributed by atoms with Crippen LogP contribution in [0, 0.1) is 0 Å². The van der Waals surface area contributed by atoms with Crippen LogP contribution in [-0.2, 0) is 29.7 Å². The summed E-state index contributed by atoms with van der Waals surface area (Å²) in [6.45, 7) is 1.76. The van der Waals surface area contributed by atoms with Gasteiger partial charge in [-0.25, -0.2) is 0 Å². The summed E-state index contributed by atoms with van der Waals surface area (Å²) in [6.07, 6.45) is 4.41. The molecule has 1 radical (unpaired) electrons. The Bertz CT molecular complexity index is 687. The number of furan rings is 2. The van der Waals surface area contributed by atoms with Gasteiger partial charge in [0.2, 0.25) is 0 Å². The first kappa shape index (κ1) is 21.4. The summed E-state index contributed by atoms with van der Waals surface area (Å²) in [5.41, 5.74) is 10.6. The molecule has 0 saturated carbocycles. The zero-order valence-electron chi connectivity index (χ0n) is 12.5. The Labute approximate surface area is 154 Å². The molecule has 2 aromatic heterocycles. The number of aliphatic hydroxyl groups is 1. The molecule has 11 heteroatoms. The topological polar surface area (TPSA) is 148 Å². The first-order valence-electron chi connectivity index (χ1n) is 6.16.